The number of carbonyl (C=O) groups is 2. The number of nitrogens with zero attached hydrogens (tertiary/aromatic N) is 1. The van der Waals surface area contributed by atoms with E-state index in [0.29, 0.717) is 54.6 Å². The summed E-state index contributed by atoms with van der Waals surface area (Å²) in [6.45, 7) is 3.33. The minimum atomic E-state index is -0.802. The second-order valence-corrected chi connectivity index (χ2v) is 6.15. The molecular weight excluding hydrogens is 334 g/mol. The molecule has 1 saturated heterocycles. The van der Waals surface area contributed by atoms with Crippen LogP contribution in [-0.4, -0.2) is 48.7 Å². The van der Waals surface area contributed by atoms with Gasteiger partial charge in [0.05, 0.1) is 24.7 Å². The number of likely N-dealkylation sites (tertiary alicyclic amines) is 1. The fourth-order valence-corrected chi connectivity index (χ4v) is 2.96. The van der Waals surface area contributed by atoms with Gasteiger partial charge in [-0.1, -0.05) is 18.5 Å². The second-order valence-electron chi connectivity index (χ2n) is 5.74. The first-order valence-electron chi connectivity index (χ1n) is 8.00. The van der Waals surface area contributed by atoms with Crippen LogP contribution >= 0.6 is 11.6 Å². The van der Waals surface area contributed by atoms with Crippen molar-refractivity contribution in [1.29, 1.82) is 0 Å². The number of rotatable bonds is 6. The van der Waals surface area contributed by atoms with E-state index in [0.717, 1.165) is 6.42 Å². The third-order valence-corrected chi connectivity index (χ3v) is 4.34. The van der Waals surface area contributed by atoms with Gasteiger partial charge in [-0.15, -0.1) is 0 Å². The Morgan fingerprint density at radius 2 is 2.00 bits per heavy atom. The van der Waals surface area contributed by atoms with Gasteiger partial charge in [0, 0.05) is 18.7 Å². The summed E-state index contributed by atoms with van der Waals surface area (Å²) in [5, 5.41) is 9.36. The standard InChI is InChI=1S/C17H22ClNO5/c1-3-8-24-15-13(18)9-12(10-14(15)23-2)16(20)19-6-4-11(5-7-19)17(21)22/h9-11H,3-8H2,1-2H3,(H,21,22). The quantitative estimate of drug-likeness (QED) is 0.848. The Balaban J connectivity index is 2.15. The Morgan fingerprint density at radius 1 is 1.33 bits per heavy atom. The molecule has 0 bridgehead atoms. The number of carboxylic acid groups (broad SMARTS) is 1. The molecule has 6 nitrogen and oxygen atoms in total. The van der Waals surface area contributed by atoms with Crippen molar-refractivity contribution in [1.82, 2.24) is 4.90 Å². The Bertz CT molecular complexity index is 611. The first-order chi connectivity index (χ1) is 11.5. The van der Waals surface area contributed by atoms with E-state index in [9.17, 15) is 9.59 Å². The molecule has 1 heterocycles. The molecule has 0 radical (unpaired) electrons. The number of piperidine rings is 1. The van der Waals surface area contributed by atoms with E-state index in [1.165, 1.54) is 7.11 Å². The average Bonchev–Trinajstić information content (AvgIpc) is 2.59. The van der Waals surface area contributed by atoms with Gasteiger partial charge in [0.15, 0.2) is 11.5 Å². The Morgan fingerprint density at radius 3 is 2.54 bits per heavy atom. The molecule has 0 aromatic heterocycles. The fraction of sp³-hybridized carbons (Fsp3) is 0.529. The molecule has 132 valence electrons. The topological polar surface area (TPSA) is 76.1 Å². The number of aliphatic carboxylic acids is 1. The van der Waals surface area contributed by atoms with Crippen molar-refractivity contribution in [2.24, 2.45) is 5.92 Å². The number of hydrogen-bond acceptors (Lipinski definition) is 4. The van der Waals surface area contributed by atoms with E-state index in [2.05, 4.69) is 0 Å². The second kappa shape index (κ2) is 8.24. The van der Waals surface area contributed by atoms with Crippen LogP contribution in [0.25, 0.3) is 0 Å². The van der Waals surface area contributed by atoms with Crippen LogP contribution in [0.3, 0.4) is 0 Å². The molecule has 0 atom stereocenters. The van der Waals surface area contributed by atoms with Gasteiger partial charge >= 0.3 is 5.97 Å². The van der Waals surface area contributed by atoms with Gasteiger partial charge in [0.25, 0.3) is 5.91 Å². The number of methoxy groups -OCH3 is 1. The highest BCUT2D eigenvalue weighted by molar-refractivity contribution is 6.32. The lowest BCUT2D eigenvalue weighted by Gasteiger charge is -2.30. The van der Waals surface area contributed by atoms with E-state index < -0.39 is 5.97 Å². The summed E-state index contributed by atoms with van der Waals surface area (Å²) in [6.07, 6.45) is 1.76. The van der Waals surface area contributed by atoms with Crippen LogP contribution < -0.4 is 9.47 Å². The lowest BCUT2D eigenvalue weighted by atomic mass is 9.96. The van der Waals surface area contributed by atoms with Crippen LogP contribution in [0.15, 0.2) is 12.1 Å². The molecule has 1 aliphatic heterocycles. The molecule has 0 spiro atoms. The number of carboxylic acids is 1. The highest BCUT2D eigenvalue weighted by atomic mass is 35.5. The molecule has 1 fully saturated rings. The Kier molecular flexibility index (Phi) is 6.31. The van der Waals surface area contributed by atoms with Gasteiger partial charge in [-0.2, -0.15) is 0 Å². The van der Waals surface area contributed by atoms with E-state index in [1.807, 2.05) is 6.92 Å². The van der Waals surface area contributed by atoms with Crippen molar-refractivity contribution < 1.29 is 24.2 Å². The van der Waals surface area contributed by atoms with Crippen LogP contribution in [0.2, 0.25) is 5.02 Å². The van der Waals surface area contributed by atoms with Crippen molar-refractivity contribution in [2.75, 3.05) is 26.8 Å². The molecule has 1 N–H and O–H groups in total. The van der Waals surface area contributed by atoms with Crippen LogP contribution in [0.5, 0.6) is 11.5 Å². The van der Waals surface area contributed by atoms with Gasteiger partial charge in [-0.3, -0.25) is 9.59 Å². The van der Waals surface area contributed by atoms with E-state index in [1.54, 1.807) is 17.0 Å². The molecule has 2 rings (SSSR count). The molecule has 0 saturated carbocycles. The van der Waals surface area contributed by atoms with Gasteiger partial charge < -0.3 is 19.5 Å². The summed E-state index contributed by atoms with van der Waals surface area (Å²) in [4.78, 5) is 25.3. The van der Waals surface area contributed by atoms with Crippen molar-refractivity contribution in [3.8, 4) is 11.5 Å². The number of benzene rings is 1. The number of amides is 1. The van der Waals surface area contributed by atoms with Crippen LogP contribution in [0.4, 0.5) is 0 Å². The third-order valence-electron chi connectivity index (χ3n) is 4.06. The highest BCUT2D eigenvalue weighted by Gasteiger charge is 2.28. The summed E-state index contributed by atoms with van der Waals surface area (Å²) in [5.41, 5.74) is 0.412. The molecule has 7 heteroatoms. The Labute approximate surface area is 146 Å². The normalized spacial score (nSPS) is 15.2. The monoisotopic (exact) mass is 355 g/mol. The fourth-order valence-electron chi connectivity index (χ4n) is 2.70. The molecule has 1 amide bonds. The number of carbonyl (C=O) groups excluding carboxylic acids is 1. The maximum atomic E-state index is 12.6. The van der Waals surface area contributed by atoms with Crippen molar-refractivity contribution in [3.05, 3.63) is 22.7 Å². The van der Waals surface area contributed by atoms with Crippen LogP contribution in [-0.2, 0) is 4.79 Å². The van der Waals surface area contributed by atoms with Gasteiger partial charge in [0.2, 0.25) is 0 Å². The molecule has 24 heavy (non-hydrogen) atoms. The average molecular weight is 356 g/mol. The minimum Gasteiger partial charge on any atom is -0.493 e. The molecule has 0 unspecified atom stereocenters. The number of halogens is 1. The zero-order valence-corrected chi connectivity index (χ0v) is 14.6. The Hall–Kier alpha value is -1.95. The summed E-state index contributed by atoms with van der Waals surface area (Å²) in [6, 6.07) is 3.18. The molecule has 1 aliphatic rings. The molecular formula is C17H22ClNO5. The van der Waals surface area contributed by atoms with E-state index in [-0.39, 0.29) is 11.8 Å². The van der Waals surface area contributed by atoms with E-state index >= 15 is 0 Å². The van der Waals surface area contributed by atoms with Crippen molar-refractivity contribution in [3.63, 3.8) is 0 Å². The van der Waals surface area contributed by atoms with Gasteiger partial charge in [-0.05, 0) is 31.4 Å². The predicted molar refractivity (Wildman–Crippen MR) is 90.1 cm³/mol. The largest absolute Gasteiger partial charge is 0.493 e. The zero-order chi connectivity index (χ0) is 17.7. The lowest BCUT2D eigenvalue weighted by molar-refractivity contribution is -0.143. The van der Waals surface area contributed by atoms with Crippen LogP contribution in [0, 0.1) is 5.92 Å². The van der Waals surface area contributed by atoms with Crippen molar-refractivity contribution >= 4 is 23.5 Å². The van der Waals surface area contributed by atoms with Crippen LogP contribution in [0.1, 0.15) is 36.5 Å². The lowest BCUT2D eigenvalue weighted by Crippen LogP contribution is -2.40. The summed E-state index contributed by atoms with van der Waals surface area (Å²) < 4.78 is 10.9. The maximum absolute atomic E-state index is 12.6. The van der Waals surface area contributed by atoms with E-state index in [4.69, 9.17) is 26.2 Å². The smallest absolute Gasteiger partial charge is 0.306 e. The third kappa shape index (κ3) is 4.12. The number of ether oxygens (including phenoxy) is 2. The summed E-state index contributed by atoms with van der Waals surface area (Å²) in [5.74, 6) is -0.510. The highest BCUT2D eigenvalue weighted by Crippen LogP contribution is 2.37. The molecule has 1 aromatic rings. The predicted octanol–water partition coefficient (Wildman–Crippen LogP) is 3.07. The summed E-state index contributed by atoms with van der Waals surface area (Å²) in [7, 11) is 1.50. The van der Waals surface area contributed by atoms with Crippen molar-refractivity contribution in [2.45, 2.75) is 26.2 Å². The van der Waals surface area contributed by atoms with Gasteiger partial charge in [0.1, 0.15) is 0 Å². The number of hydrogen-bond donors (Lipinski definition) is 1. The summed E-state index contributed by atoms with van der Waals surface area (Å²) >= 11 is 6.24. The molecule has 1 aromatic carbocycles. The zero-order valence-electron chi connectivity index (χ0n) is 13.9. The SMILES string of the molecule is CCCOc1c(Cl)cc(C(=O)N2CCC(C(=O)O)CC2)cc1OC. The van der Waals surface area contributed by atoms with Gasteiger partial charge in [-0.25, -0.2) is 0 Å². The molecule has 0 aliphatic carbocycles. The first-order valence-corrected chi connectivity index (χ1v) is 8.38. The maximum Gasteiger partial charge on any atom is 0.306 e. The first kappa shape index (κ1) is 18.4. The minimum absolute atomic E-state index is 0.180.